The topological polar surface area (TPSA) is 61.2 Å². The highest BCUT2D eigenvalue weighted by Gasteiger charge is 2.25. The van der Waals surface area contributed by atoms with E-state index < -0.39 is 0 Å². The molecule has 8 heteroatoms. The van der Waals surface area contributed by atoms with Gasteiger partial charge in [0, 0.05) is 62.0 Å². The number of fused-ring (bicyclic) bond motifs is 1. The van der Waals surface area contributed by atoms with Crippen LogP contribution in [0.4, 0.5) is 0 Å². The van der Waals surface area contributed by atoms with E-state index >= 15 is 0 Å². The number of aromatic amines is 1. The van der Waals surface area contributed by atoms with E-state index in [2.05, 4.69) is 37.7 Å². The second-order valence-electron chi connectivity index (χ2n) is 7.55. The van der Waals surface area contributed by atoms with Crippen LogP contribution in [0.1, 0.15) is 17.5 Å². The van der Waals surface area contributed by atoms with E-state index in [1.165, 1.54) is 22.9 Å². The molecule has 1 aliphatic rings. The highest BCUT2D eigenvalue weighted by molar-refractivity contribution is 14.0. The Morgan fingerprint density at radius 3 is 3.03 bits per heavy atom. The van der Waals surface area contributed by atoms with E-state index in [0.717, 1.165) is 49.0 Å². The number of nitrogens with zero attached hydrogens (tertiary/aromatic N) is 4. The van der Waals surface area contributed by atoms with Crippen LogP contribution in [-0.2, 0) is 19.9 Å². The van der Waals surface area contributed by atoms with Crippen molar-refractivity contribution in [3.05, 3.63) is 52.9 Å². The van der Waals surface area contributed by atoms with Gasteiger partial charge in [-0.2, -0.15) is 5.10 Å². The number of aliphatic imine (C=N–C) groups is 1. The number of nitrogens with one attached hydrogen (secondary N) is 2. The first-order valence-corrected chi connectivity index (χ1v) is 10.2. The van der Waals surface area contributed by atoms with E-state index in [1.807, 2.05) is 43.2 Å². The fraction of sp³-hybridized carbons (Fsp3) is 0.429. The summed E-state index contributed by atoms with van der Waals surface area (Å²) in [7, 11) is 3.83. The lowest BCUT2D eigenvalue weighted by atomic mass is 10.0. The summed E-state index contributed by atoms with van der Waals surface area (Å²) in [5.74, 6) is 1.64. The molecule has 2 N–H and O–H groups in total. The lowest BCUT2D eigenvalue weighted by Gasteiger charge is -2.21. The second-order valence-corrected chi connectivity index (χ2v) is 7.99. The van der Waals surface area contributed by atoms with Crippen molar-refractivity contribution in [2.45, 2.75) is 19.3 Å². The van der Waals surface area contributed by atoms with Crippen LogP contribution in [0.5, 0.6) is 0 Å². The normalized spacial score (nSPS) is 17.0. The first-order valence-electron chi connectivity index (χ1n) is 9.81. The quantitative estimate of drug-likeness (QED) is 0.302. The van der Waals surface area contributed by atoms with Gasteiger partial charge in [-0.05, 0) is 54.5 Å². The number of halogens is 2. The van der Waals surface area contributed by atoms with Crippen LogP contribution in [0, 0.1) is 5.92 Å². The first-order chi connectivity index (χ1) is 13.6. The van der Waals surface area contributed by atoms with Crippen LogP contribution in [0.15, 0.2) is 41.8 Å². The lowest BCUT2D eigenvalue weighted by molar-refractivity contribution is 0.460. The summed E-state index contributed by atoms with van der Waals surface area (Å²) in [4.78, 5) is 10.2. The van der Waals surface area contributed by atoms with Crippen molar-refractivity contribution in [1.29, 1.82) is 0 Å². The van der Waals surface area contributed by atoms with Gasteiger partial charge in [0.25, 0.3) is 0 Å². The van der Waals surface area contributed by atoms with Gasteiger partial charge in [0.2, 0.25) is 0 Å². The Morgan fingerprint density at radius 1 is 1.41 bits per heavy atom. The molecular weight excluding hydrogens is 499 g/mol. The van der Waals surface area contributed by atoms with Gasteiger partial charge in [0.05, 0.1) is 6.20 Å². The van der Waals surface area contributed by atoms with Crippen molar-refractivity contribution in [3.63, 3.8) is 0 Å². The zero-order chi connectivity index (χ0) is 19.5. The van der Waals surface area contributed by atoms with Crippen molar-refractivity contribution >= 4 is 52.4 Å². The molecule has 3 aromatic rings. The molecule has 29 heavy (non-hydrogen) atoms. The molecule has 1 saturated heterocycles. The Hall–Kier alpha value is -1.74. The minimum atomic E-state index is 0. The maximum Gasteiger partial charge on any atom is 0.193 e. The van der Waals surface area contributed by atoms with E-state index in [0.29, 0.717) is 5.92 Å². The molecule has 0 saturated carbocycles. The highest BCUT2D eigenvalue weighted by atomic mass is 127. The zero-order valence-electron chi connectivity index (χ0n) is 16.9. The molecule has 1 unspecified atom stereocenters. The van der Waals surface area contributed by atoms with Crippen LogP contribution in [-0.4, -0.2) is 52.3 Å². The van der Waals surface area contributed by atoms with Crippen molar-refractivity contribution in [3.8, 4) is 0 Å². The molecule has 1 aromatic carbocycles. The molecule has 0 bridgehead atoms. The molecule has 0 spiro atoms. The Morgan fingerprint density at radius 2 is 2.28 bits per heavy atom. The van der Waals surface area contributed by atoms with Gasteiger partial charge in [-0.3, -0.25) is 9.67 Å². The third-order valence-corrected chi connectivity index (χ3v) is 5.72. The van der Waals surface area contributed by atoms with Crippen molar-refractivity contribution < 1.29 is 0 Å². The number of aromatic nitrogens is 3. The Bertz CT molecular complexity index is 979. The summed E-state index contributed by atoms with van der Waals surface area (Å²) >= 11 is 6.15. The van der Waals surface area contributed by atoms with Gasteiger partial charge in [0.15, 0.2) is 5.96 Å². The molecule has 1 aliphatic heterocycles. The van der Waals surface area contributed by atoms with Gasteiger partial charge < -0.3 is 15.2 Å². The number of hydrogen-bond acceptors (Lipinski definition) is 2. The van der Waals surface area contributed by atoms with Crippen LogP contribution in [0.2, 0.25) is 5.02 Å². The molecule has 0 aliphatic carbocycles. The molecule has 0 radical (unpaired) electrons. The second kappa shape index (κ2) is 9.84. The van der Waals surface area contributed by atoms with Gasteiger partial charge in [-0.25, -0.2) is 0 Å². The summed E-state index contributed by atoms with van der Waals surface area (Å²) in [5.41, 5.74) is 3.72. The smallest absolute Gasteiger partial charge is 0.193 e. The fourth-order valence-corrected chi connectivity index (χ4v) is 4.27. The molecular formula is C21H28ClIN6. The first kappa shape index (κ1) is 22.0. The van der Waals surface area contributed by atoms with E-state index in [1.54, 1.807) is 0 Å². The number of rotatable bonds is 5. The maximum absolute atomic E-state index is 6.15. The van der Waals surface area contributed by atoms with Crippen LogP contribution >= 0.6 is 35.6 Å². The predicted octanol–water partition coefficient (Wildman–Crippen LogP) is 3.86. The Kier molecular flexibility index (Phi) is 7.45. The van der Waals surface area contributed by atoms with Gasteiger partial charge in [-0.15, -0.1) is 24.0 Å². The molecule has 156 valence electrons. The van der Waals surface area contributed by atoms with Crippen LogP contribution in [0.25, 0.3) is 10.9 Å². The van der Waals surface area contributed by atoms with Crippen LogP contribution < -0.4 is 5.32 Å². The number of likely N-dealkylation sites (tertiary alicyclic amines) is 1. The lowest BCUT2D eigenvalue weighted by Crippen LogP contribution is -2.41. The average Bonchev–Trinajstić information content (AvgIpc) is 3.40. The third-order valence-electron chi connectivity index (χ3n) is 5.49. The van der Waals surface area contributed by atoms with E-state index in [9.17, 15) is 0 Å². The SMILES string of the molecule is CN=C(NCCc1c[nH]c2ccc(Cl)cc12)N1CCC(Cc2cnn(C)c2)C1.I. The van der Waals surface area contributed by atoms with Crippen molar-refractivity contribution in [2.75, 3.05) is 26.7 Å². The molecule has 1 atom stereocenters. The minimum absolute atomic E-state index is 0. The summed E-state index contributed by atoms with van der Waals surface area (Å²) in [6, 6.07) is 5.97. The van der Waals surface area contributed by atoms with E-state index in [4.69, 9.17) is 11.6 Å². The number of guanidine groups is 1. The minimum Gasteiger partial charge on any atom is -0.361 e. The molecule has 0 amide bonds. The predicted molar refractivity (Wildman–Crippen MR) is 130 cm³/mol. The number of H-pyrrole nitrogens is 1. The highest BCUT2D eigenvalue weighted by Crippen LogP contribution is 2.23. The number of benzene rings is 1. The van der Waals surface area contributed by atoms with Gasteiger partial charge in [-0.1, -0.05) is 11.6 Å². The van der Waals surface area contributed by atoms with Crippen LogP contribution in [0.3, 0.4) is 0 Å². The largest absolute Gasteiger partial charge is 0.361 e. The van der Waals surface area contributed by atoms with Crippen molar-refractivity contribution in [2.24, 2.45) is 18.0 Å². The molecule has 4 rings (SSSR count). The molecule has 6 nitrogen and oxygen atoms in total. The molecule has 1 fully saturated rings. The fourth-order valence-electron chi connectivity index (χ4n) is 4.10. The third kappa shape index (κ3) is 5.25. The summed E-state index contributed by atoms with van der Waals surface area (Å²) in [6.07, 6.45) is 9.36. The summed E-state index contributed by atoms with van der Waals surface area (Å²) in [6.45, 7) is 2.93. The van der Waals surface area contributed by atoms with Crippen molar-refractivity contribution in [1.82, 2.24) is 25.0 Å². The summed E-state index contributed by atoms with van der Waals surface area (Å²) < 4.78 is 1.88. The standard InChI is InChI=1S/C21H27ClN6.HI/c1-23-21(28-8-6-15(14-28)9-16-11-26-27(2)13-16)24-7-5-17-12-25-20-4-3-18(22)10-19(17)20;/h3-4,10-13,15,25H,5-9,14H2,1-2H3,(H,23,24);1H. The Labute approximate surface area is 193 Å². The van der Waals surface area contributed by atoms with Gasteiger partial charge in [0.1, 0.15) is 0 Å². The van der Waals surface area contributed by atoms with E-state index in [-0.39, 0.29) is 24.0 Å². The molecule has 2 aromatic heterocycles. The number of aryl methyl sites for hydroxylation is 1. The maximum atomic E-state index is 6.15. The Balaban J connectivity index is 0.00000240. The average molecular weight is 527 g/mol. The summed E-state index contributed by atoms with van der Waals surface area (Å²) in [5, 5.41) is 9.78. The molecule has 3 heterocycles. The zero-order valence-corrected chi connectivity index (χ0v) is 19.9. The number of hydrogen-bond donors (Lipinski definition) is 2. The van der Waals surface area contributed by atoms with Gasteiger partial charge >= 0.3 is 0 Å². The monoisotopic (exact) mass is 526 g/mol.